The van der Waals surface area contributed by atoms with E-state index in [9.17, 15) is 0 Å². The van der Waals surface area contributed by atoms with Crippen molar-refractivity contribution in [1.82, 2.24) is 0 Å². The summed E-state index contributed by atoms with van der Waals surface area (Å²) in [6.45, 7) is 0. The van der Waals surface area contributed by atoms with E-state index in [4.69, 9.17) is 0 Å². The maximum Gasteiger partial charge on any atom is 0.0540 e. The minimum absolute atomic E-state index is 1.06. The van der Waals surface area contributed by atoms with Crippen LogP contribution in [0.3, 0.4) is 0 Å². The average Bonchev–Trinajstić information content (AvgIpc) is 3.75. The lowest BCUT2D eigenvalue weighted by molar-refractivity contribution is 1.25. The Morgan fingerprint density at radius 2 is 0.800 bits per heavy atom. The van der Waals surface area contributed by atoms with Crippen molar-refractivity contribution in [3.05, 3.63) is 255 Å². The monoisotopic (exact) mass is 846 g/mol. The largest absolute Gasteiger partial charge is 0.310 e. The number of hydrogen-bond acceptors (Lipinski definition) is 3. The molecule has 0 spiro atoms. The summed E-state index contributed by atoms with van der Waals surface area (Å²) in [5.74, 6) is 0. The molecular weight excluding hydrogens is 805 g/mol. The van der Waals surface area contributed by atoms with Crippen molar-refractivity contribution in [2.45, 2.75) is 0 Å². The Labute approximate surface area is 383 Å². The van der Waals surface area contributed by atoms with E-state index in [1.54, 1.807) is 0 Å². The van der Waals surface area contributed by atoms with Crippen molar-refractivity contribution in [2.75, 3.05) is 9.80 Å². The zero-order valence-electron chi connectivity index (χ0n) is 35.6. The second kappa shape index (κ2) is 16.5. The molecule has 0 N–H and O–H groups in total. The van der Waals surface area contributed by atoms with Crippen LogP contribution in [0, 0.1) is 0 Å². The molecule has 65 heavy (non-hydrogen) atoms. The summed E-state index contributed by atoms with van der Waals surface area (Å²) < 4.78 is 2.59. The van der Waals surface area contributed by atoms with Crippen LogP contribution in [0.2, 0.25) is 0 Å². The van der Waals surface area contributed by atoms with Gasteiger partial charge in [-0.3, -0.25) is 0 Å². The zero-order chi connectivity index (χ0) is 43.1. The quantitative estimate of drug-likeness (QED) is 0.143. The first-order valence-electron chi connectivity index (χ1n) is 22.2. The lowest BCUT2D eigenvalue weighted by Crippen LogP contribution is -2.13. The molecule has 0 unspecified atom stereocenters. The Bertz CT molecular complexity index is 3660. The molecule has 0 aliphatic carbocycles. The Kier molecular flexibility index (Phi) is 9.74. The molecule has 1 heterocycles. The number of hydrogen-bond donors (Lipinski definition) is 0. The molecule has 0 saturated carbocycles. The lowest BCUT2D eigenvalue weighted by Gasteiger charge is -2.30. The molecule has 0 atom stereocenters. The van der Waals surface area contributed by atoms with Gasteiger partial charge in [0.15, 0.2) is 0 Å². The van der Waals surface area contributed by atoms with E-state index in [0.29, 0.717) is 0 Å². The minimum Gasteiger partial charge on any atom is -0.310 e. The van der Waals surface area contributed by atoms with Crippen molar-refractivity contribution in [2.24, 2.45) is 0 Å². The van der Waals surface area contributed by atoms with Crippen LogP contribution >= 0.6 is 11.3 Å². The molecule has 0 radical (unpaired) electrons. The summed E-state index contributed by atoms with van der Waals surface area (Å²) >= 11 is 1.85. The lowest BCUT2D eigenvalue weighted by atomic mass is 9.95. The molecule has 12 aromatic rings. The summed E-state index contributed by atoms with van der Waals surface area (Å²) in [7, 11) is 0. The van der Waals surface area contributed by atoms with E-state index in [1.165, 1.54) is 69.5 Å². The number of anilines is 6. The fourth-order valence-corrected chi connectivity index (χ4v) is 10.6. The van der Waals surface area contributed by atoms with Gasteiger partial charge in [0.1, 0.15) is 0 Å². The first kappa shape index (κ1) is 38.4. The predicted octanol–water partition coefficient (Wildman–Crippen LogP) is 18.3. The third-order valence-corrected chi connectivity index (χ3v) is 13.8. The maximum atomic E-state index is 2.41. The maximum absolute atomic E-state index is 2.41. The van der Waals surface area contributed by atoms with Gasteiger partial charge < -0.3 is 9.80 Å². The van der Waals surface area contributed by atoms with Gasteiger partial charge in [0.05, 0.1) is 5.69 Å². The fourth-order valence-electron chi connectivity index (χ4n) is 9.48. The summed E-state index contributed by atoms with van der Waals surface area (Å²) in [6.07, 6.45) is 0. The molecule has 0 fully saturated rings. The van der Waals surface area contributed by atoms with Crippen molar-refractivity contribution in [1.29, 1.82) is 0 Å². The number of nitrogens with zero attached hydrogens (tertiary/aromatic N) is 2. The van der Waals surface area contributed by atoms with Crippen LogP contribution in [-0.2, 0) is 0 Å². The molecule has 1 aromatic heterocycles. The second-order valence-electron chi connectivity index (χ2n) is 16.5. The molecule has 12 rings (SSSR count). The van der Waals surface area contributed by atoms with E-state index in [0.717, 1.165) is 39.7 Å². The molecule has 0 amide bonds. The van der Waals surface area contributed by atoms with Gasteiger partial charge in [0.2, 0.25) is 0 Å². The predicted molar refractivity (Wildman–Crippen MR) is 280 cm³/mol. The van der Waals surface area contributed by atoms with Gasteiger partial charge in [-0.15, -0.1) is 11.3 Å². The number of fused-ring (bicyclic) bond motifs is 5. The van der Waals surface area contributed by atoms with Crippen LogP contribution in [0.4, 0.5) is 34.1 Å². The molecule has 0 aliphatic rings. The zero-order valence-corrected chi connectivity index (χ0v) is 36.4. The fraction of sp³-hybridized carbons (Fsp3) is 0. The number of benzene rings is 11. The number of rotatable bonds is 9. The first-order chi connectivity index (χ1) is 32.2. The van der Waals surface area contributed by atoms with Gasteiger partial charge in [-0.05, 0) is 134 Å². The van der Waals surface area contributed by atoms with Gasteiger partial charge in [0, 0.05) is 54.2 Å². The van der Waals surface area contributed by atoms with Crippen molar-refractivity contribution in [3.8, 4) is 33.4 Å². The molecule has 2 nitrogen and oxygen atoms in total. The molecule has 0 bridgehead atoms. The van der Waals surface area contributed by atoms with E-state index < -0.39 is 0 Å². The third-order valence-electron chi connectivity index (χ3n) is 12.6. The first-order valence-corrected chi connectivity index (χ1v) is 23.0. The summed E-state index contributed by atoms with van der Waals surface area (Å²) in [5.41, 5.74) is 13.7. The molecule has 3 heteroatoms. The van der Waals surface area contributed by atoms with Crippen LogP contribution in [0.1, 0.15) is 0 Å². The van der Waals surface area contributed by atoms with Gasteiger partial charge in [0.25, 0.3) is 0 Å². The van der Waals surface area contributed by atoms with Gasteiger partial charge in [-0.1, -0.05) is 170 Å². The number of thiophene rings is 1. The molecular formula is C62H42N2S. The van der Waals surface area contributed by atoms with Crippen LogP contribution in [0.5, 0.6) is 0 Å². The van der Waals surface area contributed by atoms with Crippen LogP contribution in [0.15, 0.2) is 255 Å². The molecule has 0 saturated heterocycles. The Morgan fingerprint density at radius 1 is 0.246 bits per heavy atom. The second-order valence-corrected chi connectivity index (χ2v) is 17.6. The highest BCUT2D eigenvalue weighted by atomic mass is 32.1. The standard InChI is InChI=1S/C62H42N2S/c1-3-15-46(16-4-1)57-24-9-11-27-60(57)64(51-35-33-43(34-36-51)47-31-29-44-30-32-48(40-49(44)39-47)56-26-13-18-45-17-7-8-23-55(45)56)53-22-14-21-52(41-53)63(50-19-5-2-6-20-50)54-37-38-62-59(42-54)58-25-10-12-28-61(58)65-62/h1-42H. The van der Waals surface area contributed by atoms with E-state index in [-0.39, 0.29) is 0 Å². The highest BCUT2D eigenvalue weighted by Gasteiger charge is 2.21. The van der Waals surface area contributed by atoms with E-state index in [2.05, 4.69) is 265 Å². The Hall–Kier alpha value is -8.24. The Balaban J connectivity index is 0.968. The SMILES string of the molecule is c1ccc(-c2ccccc2N(c2ccc(-c3ccc4ccc(-c5cccc6ccccc56)cc4c3)cc2)c2cccc(N(c3ccccc3)c3ccc4sc5ccccc5c4c3)c2)cc1. The number of para-hydroxylation sites is 2. The van der Waals surface area contributed by atoms with Gasteiger partial charge in [-0.2, -0.15) is 0 Å². The van der Waals surface area contributed by atoms with E-state index >= 15 is 0 Å². The topological polar surface area (TPSA) is 6.48 Å². The highest BCUT2D eigenvalue weighted by molar-refractivity contribution is 7.25. The highest BCUT2D eigenvalue weighted by Crippen LogP contribution is 2.45. The third kappa shape index (κ3) is 7.19. The minimum atomic E-state index is 1.06. The van der Waals surface area contributed by atoms with Gasteiger partial charge >= 0.3 is 0 Å². The smallest absolute Gasteiger partial charge is 0.0540 e. The van der Waals surface area contributed by atoms with Crippen molar-refractivity contribution >= 4 is 87.2 Å². The molecule has 306 valence electrons. The van der Waals surface area contributed by atoms with Crippen LogP contribution in [0.25, 0.3) is 75.1 Å². The van der Waals surface area contributed by atoms with E-state index in [1.807, 2.05) is 11.3 Å². The van der Waals surface area contributed by atoms with Crippen LogP contribution < -0.4 is 9.80 Å². The van der Waals surface area contributed by atoms with Crippen LogP contribution in [-0.4, -0.2) is 0 Å². The van der Waals surface area contributed by atoms with Gasteiger partial charge in [-0.25, -0.2) is 0 Å². The summed E-state index contributed by atoms with van der Waals surface area (Å²) in [5, 5.41) is 7.54. The average molecular weight is 847 g/mol. The molecule has 11 aromatic carbocycles. The summed E-state index contributed by atoms with van der Waals surface area (Å²) in [6, 6.07) is 92.7. The van der Waals surface area contributed by atoms with Crippen molar-refractivity contribution in [3.63, 3.8) is 0 Å². The van der Waals surface area contributed by atoms with Crippen molar-refractivity contribution < 1.29 is 0 Å². The molecule has 0 aliphatic heterocycles. The summed E-state index contributed by atoms with van der Waals surface area (Å²) in [4.78, 5) is 4.79. The normalized spacial score (nSPS) is 11.4. The Morgan fingerprint density at radius 3 is 1.65 bits per heavy atom.